The number of amides is 1. The molecule has 2 heterocycles. The molecule has 0 bridgehead atoms. The Bertz CT molecular complexity index is 1020. The summed E-state index contributed by atoms with van der Waals surface area (Å²) >= 11 is 8.82. The first-order valence-electron chi connectivity index (χ1n) is 7.01. The fraction of sp³-hybridized carbons (Fsp3) is 0.0588. The number of thiazole rings is 1. The van der Waals surface area contributed by atoms with E-state index in [0.717, 1.165) is 20.5 Å². The number of hydrogen-bond acceptors (Lipinski definition) is 4. The number of carbonyl (C=O) groups excluding carboxylic acids is 1. The minimum Gasteiger partial charge on any atom is -0.302 e. The number of thiophene rings is 1. The molecule has 23 heavy (non-hydrogen) atoms. The Labute approximate surface area is 145 Å². The molecule has 0 saturated heterocycles. The molecule has 0 spiro atoms. The third-order valence-corrected chi connectivity index (χ3v) is 5.74. The van der Waals surface area contributed by atoms with Gasteiger partial charge in [0.15, 0.2) is 5.13 Å². The molecule has 0 radical (unpaired) electrons. The van der Waals surface area contributed by atoms with Crippen LogP contribution in [0.2, 0.25) is 4.34 Å². The van der Waals surface area contributed by atoms with Gasteiger partial charge in [0.1, 0.15) is 0 Å². The molecule has 2 aromatic carbocycles. The normalized spacial score (nSPS) is 11.2. The van der Waals surface area contributed by atoms with Gasteiger partial charge in [-0.15, -0.1) is 11.3 Å². The molecule has 1 amide bonds. The highest BCUT2D eigenvalue weighted by Gasteiger charge is 2.11. The summed E-state index contributed by atoms with van der Waals surface area (Å²) in [6, 6.07) is 15.9. The number of hydrogen-bond donors (Lipinski definition) is 1. The van der Waals surface area contributed by atoms with Crippen LogP contribution in [-0.4, -0.2) is 10.9 Å². The second-order valence-corrected chi connectivity index (χ2v) is 7.88. The summed E-state index contributed by atoms with van der Waals surface area (Å²) in [5, 5.41) is 5.85. The van der Waals surface area contributed by atoms with E-state index in [-0.39, 0.29) is 5.91 Å². The Hall–Kier alpha value is -1.95. The van der Waals surface area contributed by atoms with Crippen molar-refractivity contribution in [2.45, 2.75) is 6.42 Å². The van der Waals surface area contributed by atoms with Crippen molar-refractivity contribution >= 4 is 66.3 Å². The first-order valence-corrected chi connectivity index (χ1v) is 9.02. The second-order valence-electron chi connectivity index (χ2n) is 5.08. The van der Waals surface area contributed by atoms with Gasteiger partial charge in [0.25, 0.3) is 0 Å². The van der Waals surface area contributed by atoms with Crippen LogP contribution in [0.25, 0.3) is 21.0 Å². The number of rotatable bonds is 3. The molecule has 0 atom stereocenters. The predicted octanol–water partition coefficient (Wildman–Crippen LogP) is 5.35. The Morgan fingerprint density at radius 3 is 2.78 bits per heavy atom. The zero-order chi connectivity index (χ0) is 15.8. The van der Waals surface area contributed by atoms with E-state index >= 15 is 0 Å². The lowest BCUT2D eigenvalue weighted by Gasteiger charge is -1.98. The van der Waals surface area contributed by atoms with Crippen molar-refractivity contribution in [1.82, 2.24) is 4.98 Å². The van der Waals surface area contributed by atoms with E-state index in [0.29, 0.717) is 15.9 Å². The lowest BCUT2D eigenvalue weighted by molar-refractivity contribution is -0.115. The minimum atomic E-state index is -0.0770. The van der Waals surface area contributed by atoms with Gasteiger partial charge in [0, 0.05) is 10.3 Å². The van der Waals surface area contributed by atoms with Crippen molar-refractivity contribution in [1.29, 1.82) is 0 Å². The average Bonchev–Trinajstić information content (AvgIpc) is 3.13. The summed E-state index contributed by atoms with van der Waals surface area (Å²) in [6.45, 7) is 0. The summed E-state index contributed by atoms with van der Waals surface area (Å²) in [6.07, 6.45) is 0.314. The van der Waals surface area contributed by atoms with E-state index in [9.17, 15) is 4.79 Å². The first kappa shape index (κ1) is 14.6. The van der Waals surface area contributed by atoms with Crippen LogP contribution in [0.4, 0.5) is 5.13 Å². The molecule has 3 nitrogen and oxygen atoms in total. The monoisotopic (exact) mass is 358 g/mol. The van der Waals surface area contributed by atoms with Gasteiger partial charge in [0.2, 0.25) is 5.91 Å². The quantitative estimate of drug-likeness (QED) is 0.536. The van der Waals surface area contributed by atoms with E-state index in [4.69, 9.17) is 11.6 Å². The van der Waals surface area contributed by atoms with Gasteiger partial charge in [-0.25, -0.2) is 4.98 Å². The van der Waals surface area contributed by atoms with Gasteiger partial charge in [-0.1, -0.05) is 53.3 Å². The fourth-order valence-electron chi connectivity index (χ4n) is 2.48. The zero-order valence-electron chi connectivity index (χ0n) is 11.9. The Kier molecular flexibility index (Phi) is 3.77. The second kappa shape index (κ2) is 5.92. The molecule has 4 rings (SSSR count). The molecule has 0 fully saturated rings. The summed E-state index contributed by atoms with van der Waals surface area (Å²) < 4.78 is 1.79. The Morgan fingerprint density at radius 1 is 1.09 bits per heavy atom. The molecule has 6 heteroatoms. The summed E-state index contributed by atoms with van der Waals surface area (Å²) in [5.74, 6) is -0.0770. The van der Waals surface area contributed by atoms with Crippen molar-refractivity contribution in [3.8, 4) is 0 Å². The van der Waals surface area contributed by atoms with Gasteiger partial charge < -0.3 is 5.32 Å². The average molecular weight is 359 g/mol. The molecule has 0 aliphatic carbocycles. The number of nitrogens with one attached hydrogen (secondary N) is 1. The van der Waals surface area contributed by atoms with E-state index in [1.54, 1.807) is 6.07 Å². The van der Waals surface area contributed by atoms with Crippen LogP contribution < -0.4 is 5.32 Å². The minimum absolute atomic E-state index is 0.0770. The molecule has 0 aliphatic rings. The van der Waals surface area contributed by atoms with Crippen molar-refractivity contribution < 1.29 is 4.79 Å². The van der Waals surface area contributed by atoms with Crippen LogP contribution in [-0.2, 0) is 11.2 Å². The standard InChI is InChI=1S/C17H11ClN2OS2/c18-14-8-6-11(22-14)9-15(21)20-17-19-13-7-5-10-3-1-2-4-12(10)16(13)23-17/h1-8H,9H2,(H,19,20,21). The maximum Gasteiger partial charge on any atom is 0.231 e. The van der Waals surface area contributed by atoms with Crippen molar-refractivity contribution in [2.24, 2.45) is 0 Å². The van der Waals surface area contributed by atoms with Crippen molar-refractivity contribution in [3.05, 3.63) is 57.7 Å². The fourth-order valence-corrected chi connectivity index (χ4v) is 4.58. The van der Waals surface area contributed by atoms with E-state index in [2.05, 4.69) is 28.5 Å². The summed E-state index contributed by atoms with van der Waals surface area (Å²) in [7, 11) is 0. The van der Waals surface area contributed by atoms with Gasteiger partial charge in [-0.2, -0.15) is 0 Å². The number of anilines is 1. The van der Waals surface area contributed by atoms with Crippen molar-refractivity contribution in [3.63, 3.8) is 0 Å². The Morgan fingerprint density at radius 2 is 1.96 bits per heavy atom. The highest BCUT2D eigenvalue weighted by Crippen LogP contribution is 2.32. The maximum atomic E-state index is 12.2. The third kappa shape index (κ3) is 2.95. The molecular formula is C17H11ClN2OS2. The van der Waals surface area contributed by atoms with Gasteiger partial charge in [0.05, 0.1) is 21.0 Å². The van der Waals surface area contributed by atoms with E-state index in [1.165, 1.54) is 28.1 Å². The van der Waals surface area contributed by atoms with Crippen LogP contribution in [0.5, 0.6) is 0 Å². The molecule has 0 saturated carbocycles. The number of halogens is 1. The van der Waals surface area contributed by atoms with Crippen LogP contribution in [0, 0.1) is 0 Å². The first-order chi connectivity index (χ1) is 11.2. The molecule has 0 unspecified atom stereocenters. The number of benzene rings is 2. The van der Waals surface area contributed by atoms with Crippen LogP contribution in [0.3, 0.4) is 0 Å². The molecule has 1 N–H and O–H groups in total. The van der Waals surface area contributed by atoms with Gasteiger partial charge >= 0.3 is 0 Å². The van der Waals surface area contributed by atoms with Crippen LogP contribution >= 0.6 is 34.3 Å². The number of carbonyl (C=O) groups is 1. The Balaban J connectivity index is 1.61. The SMILES string of the molecule is O=C(Cc1ccc(Cl)s1)Nc1nc2ccc3ccccc3c2s1. The van der Waals surface area contributed by atoms with E-state index in [1.807, 2.05) is 24.3 Å². The number of nitrogens with zero attached hydrogens (tertiary/aromatic N) is 1. The highest BCUT2D eigenvalue weighted by atomic mass is 35.5. The molecule has 0 aliphatic heterocycles. The van der Waals surface area contributed by atoms with Crippen LogP contribution in [0.15, 0.2) is 48.5 Å². The molecular weight excluding hydrogens is 348 g/mol. The van der Waals surface area contributed by atoms with Crippen LogP contribution in [0.1, 0.15) is 4.88 Å². The topological polar surface area (TPSA) is 42.0 Å². The largest absolute Gasteiger partial charge is 0.302 e. The predicted molar refractivity (Wildman–Crippen MR) is 98.8 cm³/mol. The highest BCUT2D eigenvalue weighted by molar-refractivity contribution is 7.23. The third-order valence-electron chi connectivity index (χ3n) is 3.49. The summed E-state index contributed by atoms with van der Waals surface area (Å²) in [4.78, 5) is 17.6. The van der Waals surface area contributed by atoms with E-state index < -0.39 is 0 Å². The molecule has 2 aromatic heterocycles. The summed E-state index contributed by atoms with van der Waals surface area (Å²) in [5.41, 5.74) is 0.906. The van der Waals surface area contributed by atoms with Gasteiger partial charge in [-0.3, -0.25) is 4.79 Å². The number of fused-ring (bicyclic) bond motifs is 3. The molecule has 114 valence electrons. The number of aromatic nitrogens is 1. The molecule has 4 aromatic rings. The van der Waals surface area contributed by atoms with Crippen molar-refractivity contribution in [2.75, 3.05) is 5.32 Å². The maximum absolute atomic E-state index is 12.2. The zero-order valence-corrected chi connectivity index (χ0v) is 14.3. The smallest absolute Gasteiger partial charge is 0.231 e. The lowest BCUT2D eigenvalue weighted by atomic mass is 10.1. The lowest BCUT2D eigenvalue weighted by Crippen LogP contribution is -2.13. The van der Waals surface area contributed by atoms with Gasteiger partial charge in [-0.05, 0) is 23.6 Å².